The van der Waals surface area contributed by atoms with Crippen molar-refractivity contribution in [3.63, 3.8) is 0 Å². The molecule has 1 aromatic heterocycles. The highest BCUT2D eigenvalue weighted by Gasteiger charge is 2.25. The van der Waals surface area contributed by atoms with Crippen molar-refractivity contribution in [1.29, 1.82) is 0 Å². The van der Waals surface area contributed by atoms with E-state index in [-0.39, 0.29) is 0 Å². The minimum Gasteiger partial charge on any atom is -0.329 e. The molecule has 0 radical (unpaired) electrons. The van der Waals surface area contributed by atoms with E-state index in [4.69, 9.17) is 20.9 Å². The molecular formula is C9H17O2PS2Si. The molecule has 0 amide bonds. The molecule has 0 unspecified atom stereocenters. The molecule has 0 saturated carbocycles. The van der Waals surface area contributed by atoms with Gasteiger partial charge in [-0.15, -0.1) is 11.3 Å². The fraction of sp³-hybridized carbons (Fsp3) is 0.556. The molecule has 0 saturated heterocycles. The van der Waals surface area contributed by atoms with E-state index in [0.29, 0.717) is 0 Å². The lowest BCUT2D eigenvalue weighted by Gasteiger charge is -2.16. The van der Waals surface area contributed by atoms with Crippen molar-refractivity contribution in [2.75, 3.05) is 14.2 Å². The van der Waals surface area contributed by atoms with Crippen molar-refractivity contribution < 1.29 is 9.05 Å². The van der Waals surface area contributed by atoms with E-state index in [9.17, 15) is 0 Å². The van der Waals surface area contributed by atoms with Crippen molar-refractivity contribution >= 4 is 46.8 Å². The Morgan fingerprint density at radius 1 is 1.20 bits per heavy atom. The molecule has 0 bridgehead atoms. The molecule has 0 spiro atoms. The summed E-state index contributed by atoms with van der Waals surface area (Å²) in [6.45, 7) is 4.77. The van der Waals surface area contributed by atoms with Gasteiger partial charge in [0.15, 0.2) is 0 Å². The van der Waals surface area contributed by atoms with Crippen LogP contribution in [-0.4, -0.2) is 22.3 Å². The second-order valence-corrected chi connectivity index (χ2v) is 14.7. The van der Waals surface area contributed by atoms with Gasteiger partial charge in [0.2, 0.25) is 6.49 Å². The zero-order valence-electron chi connectivity index (χ0n) is 9.73. The summed E-state index contributed by atoms with van der Waals surface area (Å²) in [6.07, 6.45) is 0. The minimum atomic E-state index is -2.21. The van der Waals surface area contributed by atoms with Crippen molar-refractivity contribution in [2.24, 2.45) is 0 Å². The summed E-state index contributed by atoms with van der Waals surface area (Å²) in [6, 6.07) is 4.23. The lowest BCUT2D eigenvalue weighted by atomic mass is 10.7. The number of hydrogen-bond donors (Lipinski definition) is 0. The van der Waals surface area contributed by atoms with E-state index in [1.165, 1.54) is 4.50 Å². The Kier molecular flexibility index (Phi) is 4.32. The van der Waals surface area contributed by atoms with Crippen LogP contribution >= 0.6 is 17.8 Å². The quantitative estimate of drug-likeness (QED) is 0.624. The van der Waals surface area contributed by atoms with Crippen LogP contribution in [0.15, 0.2) is 12.1 Å². The predicted octanol–water partition coefficient (Wildman–Crippen LogP) is 2.52. The second kappa shape index (κ2) is 4.78. The molecular weight excluding hydrogens is 263 g/mol. The van der Waals surface area contributed by atoms with E-state index in [1.54, 1.807) is 25.6 Å². The highest BCUT2D eigenvalue weighted by atomic mass is 32.5. The van der Waals surface area contributed by atoms with Gasteiger partial charge in [0.1, 0.15) is 0 Å². The van der Waals surface area contributed by atoms with Crippen LogP contribution in [0.25, 0.3) is 0 Å². The first-order chi connectivity index (χ1) is 6.83. The third-order valence-electron chi connectivity index (χ3n) is 2.08. The third-order valence-corrected chi connectivity index (χ3v) is 11.0. The molecule has 0 aliphatic rings. The second-order valence-electron chi connectivity index (χ2n) is 4.25. The van der Waals surface area contributed by atoms with Crippen molar-refractivity contribution in [1.82, 2.24) is 0 Å². The maximum absolute atomic E-state index is 5.40. The molecule has 1 rings (SSSR count). The smallest absolute Gasteiger partial charge is 0.228 e. The third kappa shape index (κ3) is 2.99. The summed E-state index contributed by atoms with van der Waals surface area (Å²) in [4.78, 5) is 0. The van der Waals surface area contributed by atoms with Gasteiger partial charge < -0.3 is 9.05 Å². The van der Waals surface area contributed by atoms with Crippen LogP contribution in [0.5, 0.6) is 0 Å². The summed E-state index contributed by atoms with van der Waals surface area (Å²) in [5, 5.41) is 0. The Morgan fingerprint density at radius 2 is 1.73 bits per heavy atom. The van der Waals surface area contributed by atoms with Gasteiger partial charge in [0, 0.05) is 14.2 Å². The average Bonchev–Trinajstić information content (AvgIpc) is 2.65. The van der Waals surface area contributed by atoms with Crippen LogP contribution in [0.2, 0.25) is 19.6 Å². The Morgan fingerprint density at radius 3 is 2.07 bits per heavy atom. The first-order valence-corrected chi connectivity index (χ1v) is 11.6. The minimum absolute atomic E-state index is 1.07. The molecule has 6 heteroatoms. The van der Waals surface area contributed by atoms with Crippen molar-refractivity contribution in [3.8, 4) is 0 Å². The van der Waals surface area contributed by atoms with Crippen LogP contribution in [0.1, 0.15) is 0 Å². The van der Waals surface area contributed by atoms with E-state index >= 15 is 0 Å². The molecule has 2 nitrogen and oxygen atoms in total. The fourth-order valence-electron chi connectivity index (χ4n) is 1.13. The van der Waals surface area contributed by atoms with Crippen molar-refractivity contribution in [3.05, 3.63) is 12.1 Å². The fourth-order valence-corrected chi connectivity index (χ4v) is 6.50. The van der Waals surface area contributed by atoms with Gasteiger partial charge in [-0.1, -0.05) is 25.7 Å². The molecule has 1 aromatic rings. The summed E-state index contributed by atoms with van der Waals surface area (Å²) < 4.78 is 13.2. The zero-order chi connectivity index (χ0) is 11.7. The van der Waals surface area contributed by atoms with Crippen LogP contribution in [0.4, 0.5) is 0 Å². The van der Waals surface area contributed by atoms with Gasteiger partial charge in [-0.3, -0.25) is 0 Å². The Hall–Kier alpha value is 0.487. The first-order valence-electron chi connectivity index (χ1n) is 4.66. The Labute approximate surface area is 102 Å². The van der Waals surface area contributed by atoms with Crippen LogP contribution in [-0.2, 0) is 20.9 Å². The largest absolute Gasteiger partial charge is 0.329 e. The molecule has 15 heavy (non-hydrogen) atoms. The van der Waals surface area contributed by atoms with Gasteiger partial charge in [-0.25, -0.2) is 0 Å². The summed E-state index contributed by atoms with van der Waals surface area (Å²) in [7, 11) is 2.01. The van der Waals surface area contributed by atoms with Gasteiger partial charge in [-0.05, 0) is 22.4 Å². The molecule has 0 atom stereocenters. The summed E-state index contributed by atoms with van der Waals surface area (Å²) in [5.74, 6) is 0. The lowest BCUT2D eigenvalue weighted by molar-refractivity contribution is 0.348. The topological polar surface area (TPSA) is 18.5 Å². The highest BCUT2D eigenvalue weighted by molar-refractivity contribution is 8.15. The van der Waals surface area contributed by atoms with E-state index < -0.39 is 14.6 Å². The molecule has 1 heterocycles. The predicted molar refractivity (Wildman–Crippen MR) is 75.2 cm³/mol. The molecule has 0 aliphatic carbocycles. The molecule has 0 aromatic carbocycles. The maximum Gasteiger partial charge on any atom is 0.228 e. The summed E-state index contributed by atoms with van der Waals surface area (Å²) in [5.41, 5.74) is 0. The van der Waals surface area contributed by atoms with E-state index in [0.717, 1.165) is 4.62 Å². The molecule has 0 aliphatic heterocycles. The average molecular weight is 280 g/mol. The number of rotatable bonds is 4. The monoisotopic (exact) mass is 280 g/mol. The zero-order valence-corrected chi connectivity index (χ0v) is 13.3. The van der Waals surface area contributed by atoms with Crippen molar-refractivity contribution in [2.45, 2.75) is 19.6 Å². The van der Waals surface area contributed by atoms with Gasteiger partial charge in [-0.2, -0.15) is 0 Å². The van der Waals surface area contributed by atoms with Gasteiger partial charge >= 0.3 is 0 Å². The van der Waals surface area contributed by atoms with E-state index in [1.807, 2.05) is 0 Å². The molecule has 0 N–H and O–H groups in total. The van der Waals surface area contributed by atoms with Crippen LogP contribution in [0.3, 0.4) is 0 Å². The van der Waals surface area contributed by atoms with Crippen LogP contribution < -0.4 is 9.12 Å². The molecule has 0 fully saturated rings. The highest BCUT2D eigenvalue weighted by Crippen LogP contribution is 2.46. The first kappa shape index (κ1) is 13.6. The van der Waals surface area contributed by atoms with E-state index in [2.05, 4.69) is 31.8 Å². The maximum atomic E-state index is 5.40. The Balaban J connectivity index is 3.09. The number of hydrogen-bond acceptors (Lipinski definition) is 4. The molecule has 86 valence electrons. The SMILES string of the molecule is COP(=S)(OC)c1ccc([Si](C)(C)C)s1. The lowest BCUT2D eigenvalue weighted by Crippen LogP contribution is -2.35. The van der Waals surface area contributed by atoms with Crippen LogP contribution in [0, 0.1) is 0 Å². The number of thiophene rings is 1. The Bertz CT molecular complexity index is 376. The van der Waals surface area contributed by atoms with Gasteiger partial charge in [0.05, 0.1) is 12.7 Å². The van der Waals surface area contributed by atoms with Gasteiger partial charge in [0.25, 0.3) is 0 Å². The summed E-state index contributed by atoms with van der Waals surface area (Å²) >= 11 is 7.15. The standard InChI is InChI=1S/C9H17O2PS2Si/c1-10-12(13,11-2)8-6-7-9(14-8)15(3,4)5/h6-7H,1-5H3. The normalized spacial score (nSPS) is 13.1.